The summed E-state index contributed by atoms with van der Waals surface area (Å²) in [5.74, 6) is -0.888. The molecule has 8 nitrogen and oxygen atoms in total. The molecule has 0 aromatic carbocycles. The number of hydrogen-bond donors (Lipinski definition) is 2. The van der Waals surface area contributed by atoms with Gasteiger partial charge in [0, 0.05) is 12.8 Å². The summed E-state index contributed by atoms with van der Waals surface area (Å²) in [6.45, 7) is 3.64. The van der Waals surface area contributed by atoms with Crippen molar-refractivity contribution in [3.05, 3.63) is 12.2 Å². The minimum Gasteiger partial charge on any atom is -0.462 e. The van der Waals surface area contributed by atoms with Gasteiger partial charge in [0.05, 0.1) is 6.61 Å². The van der Waals surface area contributed by atoms with E-state index < -0.39 is 32.5 Å². The summed E-state index contributed by atoms with van der Waals surface area (Å²) >= 11 is 0. The summed E-state index contributed by atoms with van der Waals surface area (Å²) in [5.41, 5.74) is 0. The van der Waals surface area contributed by atoms with Crippen molar-refractivity contribution in [2.24, 2.45) is 0 Å². The Bertz CT molecular complexity index is 766. The van der Waals surface area contributed by atoms with Gasteiger partial charge in [-0.25, -0.2) is 4.57 Å². The van der Waals surface area contributed by atoms with E-state index in [0.29, 0.717) is 6.42 Å². The zero-order valence-corrected chi connectivity index (χ0v) is 30.6. The molecule has 272 valence electrons. The highest BCUT2D eigenvalue weighted by Gasteiger charge is 2.22. The Kier molecular flexibility index (Phi) is 32.8. The Morgan fingerprint density at radius 3 is 1.39 bits per heavy atom. The highest BCUT2D eigenvalue weighted by Crippen LogP contribution is 2.36. The van der Waals surface area contributed by atoms with E-state index in [-0.39, 0.29) is 19.4 Å². The topological polar surface area (TPSA) is 119 Å². The van der Waals surface area contributed by atoms with Crippen LogP contribution in [0.3, 0.4) is 0 Å². The zero-order chi connectivity index (χ0) is 34.0. The van der Waals surface area contributed by atoms with Crippen LogP contribution >= 0.6 is 7.82 Å². The second-order valence-corrected chi connectivity index (χ2v) is 14.1. The molecular weight excluding hydrogens is 603 g/mol. The third kappa shape index (κ3) is 35.6. The van der Waals surface area contributed by atoms with Crippen molar-refractivity contribution in [3.8, 4) is 0 Å². The second-order valence-electron chi connectivity index (χ2n) is 12.9. The standard InChI is InChI=1S/C37H71O8P/c1-3-5-7-9-11-13-15-16-17-18-19-20-22-23-25-27-29-31-36(38)43-33-35(34-44-46(40,41)42)45-37(39)32-30-28-26-24-21-14-12-10-8-6-4-2/h10,12,35H,3-9,11,13-34H2,1-2H3,(H2,40,41,42)/b12-10-. The molecular formula is C37H71O8P. The molecule has 0 saturated carbocycles. The Labute approximate surface area is 282 Å². The number of phosphoric acid groups is 1. The monoisotopic (exact) mass is 674 g/mol. The van der Waals surface area contributed by atoms with Gasteiger partial charge >= 0.3 is 19.8 Å². The number of carbonyl (C=O) groups excluding carboxylic acids is 2. The van der Waals surface area contributed by atoms with Crippen LogP contribution in [0.5, 0.6) is 0 Å². The number of rotatable bonds is 35. The molecule has 0 spiro atoms. The van der Waals surface area contributed by atoms with E-state index in [1.807, 2.05) is 0 Å². The molecule has 9 heteroatoms. The lowest BCUT2D eigenvalue weighted by atomic mass is 10.0. The smallest absolute Gasteiger partial charge is 0.462 e. The molecule has 0 saturated heterocycles. The van der Waals surface area contributed by atoms with Crippen LogP contribution in [0.1, 0.15) is 194 Å². The van der Waals surface area contributed by atoms with E-state index >= 15 is 0 Å². The van der Waals surface area contributed by atoms with Crippen LogP contribution in [0.4, 0.5) is 0 Å². The number of hydrogen-bond acceptors (Lipinski definition) is 6. The van der Waals surface area contributed by atoms with Crippen molar-refractivity contribution in [3.63, 3.8) is 0 Å². The van der Waals surface area contributed by atoms with Gasteiger partial charge in [0.25, 0.3) is 0 Å². The first-order valence-electron chi connectivity index (χ1n) is 19.0. The number of esters is 2. The van der Waals surface area contributed by atoms with Crippen LogP contribution in [-0.2, 0) is 28.2 Å². The fourth-order valence-electron chi connectivity index (χ4n) is 5.41. The molecule has 0 aromatic heterocycles. The number of phosphoric ester groups is 1. The first-order valence-corrected chi connectivity index (χ1v) is 20.5. The largest absolute Gasteiger partial charge is 0.469 e. The fourth-order valence-corrected chi connectivity index (χ4v) is 5.77. The lowest BCUT2D eigenvalue weighted by Crippen LogP contribution is -2.29. The third-order valence-electron chi connectivity index (χ3n) is 8.28. The highest BCUT2D eigenvalue weighted by molar-refractivity contribution is 7.46. The Balaban J connectivity index is 3.90. The molecule has 0 heterocycles. The van der Waals surface area contributed by atoms with Crippen molar-refractivity contribution in [2.75, 3.05) is 13.2 Å². The first kappa shape index (κ1) is 44.8. The van der Waals surface area contributed by atoms with Gasteiger partial charge in [0.1, 0.15) is 6.61 Å². The zero-order valence-electron chi connectivity index (χ0n) is 29.7. The van der Waals surface area contributed by atoms with Gasteiger partial charge in [0.15, 0.2) is 6.10 Å². The molecule has 0 aliphatic rings. The predicted octanol–water partition coefficient (Wildman–Crippen LogP) is 11.1. The molecule has 0 aliphatic carbocycles. The molecule has 2 N–H and O–H groups in total. The molecule has 0 amide bonds. The number of unbranched alkanes of at least 4 members (excludes halogenated alkanes) is 23. The number of carbonyl (C=O) groups is 2. The van der Waals surface area contributed by atoms with Crippen molar-refractivity contribution in [1.29, 1.82) is 0 Å². The van der Waals surface area contributed by atoms with Crippen LogP contribution in [0.25, 0.3) is 0 Å². The average Bonchev–Trinajstić information content (AvgIpc) is 3.02. The van der Waals surface area contributed by atoms with E-state index in [2.05, 4.69) is 30.5 Å². The quantitative estimate of drug-likeness (QED) is 0.0295. The van der Waals surface area contributed by atoms with Gasteiger partial charge in [-0.3, -0.25) is 14.1 Å². The lowest BCUT2D eigenvalue weighted by Gasteiger charge is -2.18. The van der Waals surface area contributed by atoms with Crippen LogP contribution in [0.15, 0.2) is 12.2 Å². The predicted molar refractivity (Wildman–Crippen MR) is 189 cm³/mol. The molecule has 0 fully saturated rings. The van der Waals surface area contributed by atoms with Crippen LogP contribution in [-0.4, -0.2) is 41.0 Å². The number of ether oxygens (including phenoxy) is 2. The maximum absolute atomic E-state index is 12.3. The molecule has 0 aromatic rings. The molecule has 1 atom stereocenters. The molecule has 0 radical (unpaired) electrons. The van der Waals surface area contributed by atoms with Gasteiger partial charge in [-0.2, -0.15) is 0 Å². The van der Waals surface area contributed by atoms with Crippen molar-refractivity contribution in [2.45, 2.75) is 200 Å². The summed E-state index contributed by atoms with van der Waals surface area (Å²) in [5, 5.41) is 0. The van der Waals surface area contributed by atoms with Gasteiger partial charge in [-0.15, -0.1) is 0 Å². The van der Waals surface area contributed by atoms with E-state index in [0.717, 1.165) is 57.8 Å². The maximum Gasteiger partial charge on any atom is 0.469 e. The van der Waals surface area contributed by atoms with Gasteiger partial charge in [-0.05, 0) is 32.1 Å². The normalized spacial score (nSPS) is 12.5. The van der Waals surface area contributed by atoms with Crippen molar-refractivity contribution in [1.82, 2.24) is 0 Å². The minimum atomic E-state index is -4.74. The Hall–Kier alpha value is -1.21. The van der Waals surface area contributed by atoms with E-state index in [1.165, 1.54) is 103 Å². The summed E-state index contributed by atoms with van der Waals surface area (Å²) in [4.78, 5) is 42.6. The van der Waals surface area contributed by atoms with E-state index in [4.69, 9.17) is 19.3 Å². The van der Waals surface area contributed by atoms with E-state index in [1.54, 1.807) is 0 Å². The van der Waals surface area contributed by atoms with Gasteiger partial charge in [0.2, 0.25) is 0 Å². The van der Waals surface area contributed by atoms with Gasteiger partial charge < -0.3 is 19.3 Å². The van der Waals surface area contributed by atoms with Crippen LogP contribution in [0.2, 0.25) is 0 Å². The van der Waals surface area contributed by atoms with E-state index in [9.17, 15) is 14.2 Å². The van der Waals surface area contributed by atoms with Gasteiger partial charge in [-0.1, -0.05) is 161 Å². The highest BCUT2D eigenvalue weighted by atomic mass is 31.2. The molecule has 46 heavy (non-hydrogen) atoms. The summed E-state index contributed by atoms with van der Waals surface area (Å²) in [7, 11) is -4.74. The maximum atomic E-state index is 12.3. The third-order valence-corrected chi connectivity index (χ3v) is 8.77. The SMILES string of the molecule is CCCC/C=C\CCCCCCCC(=O)OC(COC(=O)CCCCCCCCCCCCCCCCCCC)COP(=O)(O)O. The summed E-state index contributed by atoms with van der Waals surface area (Å²) in [6, 6.07) is 0. The molecule has 0 aliphatic heterocycles. The fraction of sp³-hybridized carbons (Fsp3) is 0.892. The summed E-state index contributed by atoms with van der Waals surface area (Å²) in [6.07, 6.45) is 35.1. The lowest BCUT2D eigenvalue weighted by molar-refractivity contribution is -0.161. The van der Waals surface area contributed by atoms with Crippen LogP contribution < -0.4 is 0 Å². The van der Waals surface area contributed by atoms with Crippen LogP contribution in [0, 0.1) is 0 Å². The summed E-state index contributed by atoms with van der Waals surface area (Å²) < 4.78 is 26.3. The second kappa shape index (κ2) is 33.7. The van der Waals surface area contributed by atoms with Crippen molar-refractivity contribution < 1.29 is 37.9 Å². The van der Waals surface area contributed by atoms with Crippen molar-refractivity contribution >= 4 is 19.8 Å². The molecule has 1 unspecified atom stereocenters. The Morgan fingerprint density at radius 1 is 0.543 bits per heavy atom. The Morgan fingerprint density at radius 2 is 0.935 bits per heavy atom. The number of allylic oxidation sites excluding steroid dienone is 2. The average molecular weight is 675 g/mol. The molecule has 0 rings (SSSR count). The first-order chi connectivity index (χ1) is 22.3. The minimum absolute atomic E-state index is 0.205. The molecule has 0 bridgehead atoms.